The van der Waals surface area contributed by atoms with E-state index in [1.807, 2.05) is 0 Å². The summed E-state index contributed by atoms with van der Waals surface area (Å²) in [5, 5.41) is 25.4. The number of aromatic carboxylic acids is 1. The molecular weight excluding hydrogens is 396 g/mol. The fraction of sp³-hybridized carbons (Fsp3) is 0.105. The molecule has 1 atom stereocenters. The molecule has 0 aromatic heterocycles. The molecule has 0 spiro atoms. The van der Waals surface area contributed by atoms with Gasteiger partial charge in [-0.15, -0.1) is 5.10 Å². The Kier molecular flexibility index (Phi) is 5.93. The molecule has 2 aromatic rings. The SMILES string of the molecule is NC(=N/N=C/c1ccccc1O)S[C@@H]1CC(=O)N(c2ccc(C(=O)O)cc2)C1=O. The van der Waals surface area contributed by atoms with Gasteiger partial charge in [-0.25, -0.2) is 9.69 Å². The lowest BCUT2D eigenvalue weighted by Crippen LogP contribution is -2.31. The lowest BCUT2D eigenvalue weighted by molar-refractivity contribution is -0.121. The number of anilines is 1. The van der Waals surface area contributed by atoms with Crippen LogP contribution >= 0.6 is 11.8 Å². The van der Waals surface area contributed by atoms with Gasteiger partial charge in [-0.3, -0.25) is 9.59 Å². The van der Waals surface area contributed by atoms with Gasteiger partial charge in [0.05, 0.1) is 17.5 Å². The Morgan fingerprint density at radius 1 is 1.17 bits per heavy atom. The Morgan fingerprint density at radius 2 is 1.86 bits per heavy atom. The van der Waals surface area contributed by atoms with Crippen LogP contribution in [0, 0.1) is 0 Å². The topological polar surface area (TPSA) is 146 Å². The van der Waals surface area contributed by atoms with Crippen LogP contribution in [0.5, 0.6) is 5.75 Å². The number of nitrogens with zero attached hydrogens (tertiary/aromatic N) is 3. The molecule has 0 aliphatic carbocycles. The summed E-state index contributed by atoms with van der Waals surface area (Å²) in [7, 11) is 0. The third-order valence-electron chi connectivity index (χ3n) is 4.03. The molecule has 29 heavy (non-hydrogen) atoms. The first-order valence-corrected chi connectivity index (χ1v) is 9.26. The van der Waals surface area contributed by atoms with Crippen LogP contribution in [0.1, 0.15) is 22.3 Å². The number of thioether (sulfide) groups is 1. The second-order valence-electron chi connectivity index (χ2n) is 5.97. The number of aromatic hydroxyl groups is 1. The number of carboxylic acids is 1. The standard InChI is InChI=1S/C19H16N4O5S/c20-19(22-21-10-12-3-1-2-4-14(12)24)29-15-9-16(25)23(17(15)26)13-7-5-11(6-8-13)18(27)28/h1-8,10,15,24H,9H2,(H2,20,22)(H,27,28)/b21-10+/t15-/m1/s1. The summed E-state index contributed by atoms with van der Waals surface area (Å²) in [5.74, 6) is -1.94. The number of carbonyl (C=O) groups excluding carboxylic acids is 2. The van der Waals surface area contributed by atoms with Crippen LogP contribution in [0.15, 0.2) is 58.7 Å². The van der Waals surface area contributed by atoms with Crippen molar-refractivity contribution in [2.75, 3.05) is 4.90 Å². The summed E-state index contributed by atoms with van der Waals surface area (Å²) in [6.45, 7) is 0. The first-order chi connectivity index (χ1) is 13.9. The van der Waals surface area contributed by atoms with E-state index in [0.29, 0.717) is 11.3 Å². The van der Waals surface area contributed by atoms with Crippen LogP contribution in [0.2, 0.25) is 0 Å². The van der Waals surface area contributed by atoms with Gasteiger partial charge in [0.2, 0.25) is 11.8 Å². The van der Waals surface area contributed by atoms with Crippen molar-refractivity contribution in [3.8, 4) is 5.75 Å². The number of carbonyl (C=O) groups is 3. The Morgan fingerprint density at radius 3 is 2.52 bits per heavy atom. The van der Waals surface area contributed by atoms with E-state index in [1.54, 1.807) is 18.2 Å². The number of nitrogens with two attached hydrogens (primary N) is 1. The zero-order chi connectivity index (χ0) is 21.0. The van der Waals surface area contributed by atoms with E-state index in [4.69, 9.17) is 10.8 Å². The van der Waals surface area contributed by atoms with E-state index in [1.165, 1.54) is 36.5 Å². The molecular formula is C19H16N4O5S. The molecule has 1 fully saturated rings. The number of amides is 2. The monoisotopic (exact) mass is 412 g/mol. The molecule has 1 aliphatic rings. The van der Waals surface area contributed by atoms with Gasteiger partial charge in [-0.1, -0.05) is 23.9 Å². The van der Waals surface area contributed by atoms with Crippen LogP contribution in [0.3, 0.4) is 0 Å². The first-order valence-electron chi connectivity index (χ1n) is 8.38. The highest BCUT2D eigenvalue weighted by Crippen LogP contribution is 2.30. The molecule has 1 aliphatic heterocycles. The second kappa shape index (κ2) is 8.57. The van der Waals surface area contributed by atoms with Crippen molar-refractivity contribution in [2.24, 2.45) is 15.9 Å². The van der Waals surface area contributed by atoms with Crippen molar-refractivity contribution in [2.45, 2.75) is 11.7 Å². The van der Waals surface area contributed by atoms with Crippen LogP contribution in [0.25, 0.3) is 0 Å². The first kappa shape index (κ1) is 20.1. The molecule has 1 saturated heterocycles. The van der Waals surface area contributed by atoms with Crippen LogP contribution in [-0.4, -0.2) is 44.6 Å². The minimum Gasteiger partial charge on any atom is -0.507 e. The summed E-state index contributed by atoms with van der Waals surface area (Å²) < 4.78 is 0. The number of imide groups is 1. The average Bonchev–Trinajstić information content (AvgIpc) is 2.96. The Bertz CT molecular complexity index is 1020. The molecule has 2 aromatic carbocycles. The van der Waals surface area contributed by atoms with Crippen LogP contribution in [0.4, 0.5) is 5.69 Å². The fourth-order valence-electron chi connectivity index (χ4n) is 2.63. The largest absolute Gasteiger partial charge is 0.507 e. The van der Waals surface area contributed by atoms with Gasteiger partial charge in [0.15, 0.2) is 5.17 Å². The number of phenolic OH excluding ortho intramolecular Hbond substituents is 1. The Hall–Kier alpha value is -3.66. The van der Waals surface area contributed by atoms with Gasteiger partial charge in [-0.2, -0.15) is 5.10 Å². The molecule has 4 N–H and O–H groups in total. The maximum Gasteiger partial charge on any atom is 0.335 e. The van der Waals surface area contributed by atoms with Gasteiger partial charge in [0, 0.05) is 12.0 Å². The van der Waals surface area contributed by atoms with Gasteiger partial charge >= 0.3 is 5.97 Å². The van der Waals surface area contributed by atoms with Gasteiger partial charge in [-0.05, 0) is 36.4 Å². The predicted molar refractivity (Wildman–Crippen MR) is 109 cm³/mol. The molecule has 148 valence electrons. The number of phenols is 1. The zero-order valence-electron chi connectivity index (χ0n) is 14.9. The summed E-state index contributed by atoms with van der Waals surface area (Å²) >= 11 is 0.910. The zero-order valence-corrected chi connectivity index (χ0v) is 15.7. The highest BCUT2D eigenvalue weighted by Gasteiger charge is 2.40. The number of rotatable bonds is 5. The lowest BCUT2D eigenvalue weighted by Gasteiger charge is -2.14. The van der Waals surface area contributed by atoms with Gasteiger partial charge < -0.3 is 15.9 Å². The molecule has 9 nitrogen and oxygen atoms in total. The normalized spacial score (nSPS) is 17.3. The smallest absolute Gasteiger partial charge is 0.335 e. The Balaban J connectivity index is 1.67. The molecule has 0 unspecified atom stereocenters. The van der Waals surface area contributed by atoms with Crippen molar-refractivity contribution >= 4 is 46.6 Å². The summed E-state index contributed by atoms with van der Waals surface area (Å²) in [6, 6.07) is 12.0. The van der Waals surface area contributed by atoms with E-state index in [-0.39, 0.29) is 22.9 Å². The van der Waals surface area contributed by atoms with Crippen LogP contribution in [-0.2, 0) is 9.59 Å². The highest BCUT2D eigenvalue weighted by atomic mass is 32.2. The van der Waals surface area contributed by atoms with E-state index in [9.17, 15) is 19.5 Å². The minimum absolute atomic E-state index is 0.00843. The summed E-state index contributed by atoms with van der Waals surface area (Å²) in [4.78, 5) is 36.8. The van der Waals surface area contributed by atoms with E-state index >= 15 is 0 Å². The van der Waals surface area contributed by atoms with Gasteiger partial charge in [0.1, 0.15) is 11.0 Å². The quantitative estimate of drug-likeness (QED) is 0.294. The minimum atomic E-state index is -1.10. The molecule has 2 amide bonds. The average molecular weight is 412 g/mol. The highest BCUT2D eigenvalue weighted by molar-refractivity contribution is 8.14. The molecule has 0 saturated carbocycles. The fourth-order valence-corrected chi connectivity index (χ4v) is 3.45. The predicted octanol–water partition coefficient (Wildman–Crippen LogP) is 1.80. The molecule has 1 heterocycles. The van der Waals surface area contributed by atoms with Crippen molar-refractivity contribution < 1.29 is 24.6 Å². The maximum atomic E-state index is 12.6. The van der Waals surface area contributed by atoms with E-state index in [2.05, 4.69) is 10.2 Å². The van der Waals surface area contributed by atoms with Crippen molar-refractivity contribution in [1.82, 2.24) is 0 Å². The number of hydrogen-bond donors (Lipinski definition) is 3. The van der Waals surface area contributed by atoms with Gasteiger partial charge in [0.25, 0.3) is 0 Å². The summed E-state index contributed by atoms with van der Waals surface area (Å²) in [5.41, 5.74) is 6.59. The lowest BCUT2D eigenvalue weighted by atomic mass is 10.2. The number of hydrogen-bond acceptors (Lipinski definition) is 7. The maximum absolute atomic E-state index is 12.6. The number of para-hydroxylation sites is 1. The number of amidine groups is 1. The summed E-state index contributed by atoms with van der Waals surface area (Å²) in [6.07, 6.45) is 1.25. The Labute approximate surface area is 169 Å². The molecule has 10 heteroatoms. The van der Waals surface area contributed by atoms with E-state index < -0.39 is 23.0 Å². The van der Waals surface area contributed by atoms with Crippen LogP contribution < -0.4 is 10.6 Å². The number of benzene rings is 2. The molecule has 3 rings (SSSR count). The van der Waals surface area contributed by atoms with E-state index in [0.717, 1.165) is 16.7 Å². The van der Waals surface area contributed by atoms with Crippen molar-refractivity contribution in [3.05, 3.63) is 59.7 Å². The second-order valence-corrected chi connectivity index (χ2v) is 7.19. The third kappa shape index (κ3) is 4.61. The molecule has 0 bridgehead atoms. The van der Waals surface area contributed by atoms with Crippen molar-refractivity contribution in [3.63, 3.8) is 0 Å². The molecule has 0 radical (unpaired) electrons. The third-order valence-corrected chi connectivity index (χ3v) is 5.01. The van der Waals surface area contributed by atoms with Crippen molar-refractivity contribution in [1.29, 1.82) is 0 Å². The number of carboxylic acid groups (broad SMARTS) is 1.